The predicted octanol–water partition coefficient (Wildman–Crippen LogP) is 12.0. The van der Waals surface area contributed by atoms with Crippen LogP contribution < -0.4 is 24.0 Å². The molecule has 6 aromatic carbocycles. The largest absolute Gasteiger partial charge is 0.464 e. The van der Waals surface area contributed by atoms with Crippen LogP contribution in [0.25, 0.3) is 0 Å². The molecule has 6 amide bonds. The van der Waals surface area contributed by atoms with E-state index in [1.807, 2.05) is 62.3 Å². The van der Waals surface area contributed by atoms with Gasteiger partial charge in [0.15, 0.2) is 16.7 Å². The summed E-state index contributed by atoms with van der Waals surface area (Å²) in [5.74, 6) is -4.66. The van der Waals surface area contributed by atoms with Crippen LogP contribution in [0.2, 0.25) is 15.1 Å². The van der Waals surface area contributed by atoms with Crippen molar-refractivity contribution in [2.45, 2.75) is 107 Å². The SMILES string of the molecule is CC(C)(C)c1ccc(S(=O)(=O)Nc2ccc(Cl)c3c2C(=O)N(c2nccs2)C3=O)cc1.COC(=O)C1=N[N+](C)=C(N2C(=O)c3c(Cl)ccc(NS(=O)(=O)c4ccc(C(C)(C)C)cc4)c3C2=O)C1.Cc1cc(N2C(=O)c3c(Cl)ccc(NS(=O)(=O)c4ccc(C(C)(C)C)cc4)c3C2=O)nn1C. The van der Waals surface area contributed by atoms with Crippen LogP contribution in [-0.2, 0) is 62.9 Å². The number of amidine groups is 1. The van der Waals surface area contributed by atoms with Crippen LogP contribution in [0.1, 0.15) is 153 Å². The number of aryl methyl sites for hydroxylation is 2. The van der Waals surface area contributed by atoms with Gasteiger partial charge in [-0.3, -0.25) is 38.0 Å². The second-order valence-corrected chi connectivity index (χ2v) is 33.4. The first-order chi connectivity index (χ1) is 46.6. The molecule has 0 radical (unpaired) electrons. The van der Waals surface area contributed by atoms with Gasteiger partial charge in [-0.15, -0.1) is 20.9 Å². The number of hydrazone groups is 1. The smallest absolute Gasteiger partial charge is 0.356 e. The first-order valence-corrected chi connectivity index (χ1v) is 36.7. The number of rotatable bonds is 12. The van der Waals surface area contributed by atoms with Gasteiger partial charge in [0.2, 0.25) is 0 Å². The van der Waals surface area contributed by atoms with Gasteiger partial charge in [0.25, 0.3) is 59.5 Å². The van der Waals surface area contributed by atoms with Gasteiger partial charge in [0, 0.05) is 30.4 Å². The molecular weight excluding hydrogens is 1430 g/mol. The number of carbonyl (C=O) groups is 7. The van der Waals surface area contributed by atoms with E-state index in [0.717, 1.165) is 48.4 Å². The molecule has 3 N–H and O–H groups in total. The number of sulfonamides is 3. The first kappa shape index (κ1) is 73.2. The van der Waals surface area contributed by atoms with Crippen LogP contribution >= 0.6 is 46.1 Å². The van der Waals surface area contributed by atoms with E-state index in [1.165, 1.54) is 103 Å². The average Bonchev–Trinajstić information content (AvgIpc) is 1.59. The van der Waals surface area contributed by atoms with E-state index in [-0.39, 0.29) is 125 Å². The molecule has 0 bridgehead atoms. The van der Waals surface area contributed by atoms with E-state index in [2.05, 4.69) is 34.1 Å². The zero-order valence-corrected chi connectivity index (χ0v) is 61.4. The van der Waals surface area contributed by atoms with Crippen molar-refractivity contribution in [1.29, 1.82) is 0 Å². The van der Waals surface area contributed by atoms with Crippen LogP contribution in [0.3, 0.4) is 0 Å². The number of nitrogens with one attached hydrogen (secondary N) is 3. The molecule has 8 aromatic rings. The van der Waals surface area contributed by atoms with E-state index in [0.29, 0.717) is 0 Å². The lowest BCUT2D eigenvalue weighted by Crippen LogP contribution is -2.39. The van der Waals surface area contributed by atoms with Gasteiger partial charge in [-0.1, -0.05) is 139 Å². The van der Waals surface area contributed by atoms with Crippen molar-refractivity contribution in [3.63, 3.8) is 0 Å². The monoisotopic (exact) mass is 1490 g/mol. The lowest BCUT2D eigenvalue weighted by molar-refractivity contribution is -0.503. The number of anilines is 5. The number of imide groups is 3. The van der Waals surface area contributed by atoms with Gasteiger partial charge in [-0.05, 0) is 113 Å². The molecule has 0 aliphatic carbocycles. The van der Waals surface area contributed by atoms with E-state index >= 15 is 0 Å². The number of fused-ring (bicyclic) bond motifs is 3. The van der Waals surface area contributed by atoms with Gasteiger partial charge < -0.3 is 4.74 Å². The predicted molar refractivity (Wildman–Crippen MR) is 380 cm³/mol. The summed E-state index contributed by atoms with van der Waals surface area (Å²) in [5, 5.41) is 10.2. The number of aromatic nitrogens is 3. The molecule has 0 atom stereocenters. The van der Waals surface area contributed by atoms with Crippen molar-refractivity contribution in [3.8, 4) is 0 Å². The Labute approximate surface area is 595 Å². The molecule has 25 nitrogen and oxygen atoms in total. The minimum atomic E-state index is -4.10. The Kier molecular flexibility index (Phi) is 19.7. The summed E-state index contributed by atoms with van der Waals surface area (Å²) in [7, 11) is -7.78. The summed E-state index contributed by atoms with van der Waals surface area (Å²) in [6.45, 7) is 20.0. The van der Waals surface area contributed by atoms with Crippen molar-refractivity contribution in [2.75, 3.05) is 38.1 Å². The third-order valence-corrected chi connectivity index (χ3v) is 22.2. The summed E-state index contributed by atoms with van der Waals surface area (Å²) < 4.78 is 93.1. The molecule has 6 heterocycles. The van der Waals surface area contributed by atoms with Crippen LogP contribution in [0, 0.1) is 6.92 Å². The zero-order valence-electron chi connectivity index (χ0n) is 55.9. The number of esters is 1. The minimum Gasteiger partial charge on any atom is -0.464 e. The van der Waals surface area contributed by atoms with Crippen molar-refractivity contribution in [3.05, 3.63) is 198 Å². The van der Waals surface area contributed by atoms with Crippen LogP contribution in [0.5, 0.6) is 0 Å². The number of carbonyl (C=O) groups excluding carboxylic acids is 7. The highest BCUT2D eigenvalue weighted by Gasteiger charge is 2.52. The maximum absolute atomic E-state index is 13.4. The molecule has 4 aliphatic rings. The number of benzene rings is 6. The molecule has 2 aromatic heterocycles. The Morgan fingerprint density at radius 1 is 0.520 bits per heavy atom. The number of ether oxygens (including phenoxy) is 1. The lowest BCUT2D eigenvalue weighted by atomic mass is 9.87. The summed E-state index contributed by atoms with van der Waals surface area (Å²) in [5.41, 5.74) is 2.48. The molecule has 520 valence electrons. The number of thiazole rings is 1. The molecule has 32 heteroatoms. The molecule has 12 rings (SSSR count). The zero-order chi connectivity index (χ0) is 73.4. The lowest BCUT2D eigenvalue weighted by Gasteiger charge is -2.19. The molecule has 0 spiro atoms. The number of halogens is 3. The molecular formula is C68H65Cl3N11O14S4+. The Hall–Kier alpha value is -9.49. The number of nitrogens with zero attached hydrogens (tertiary/aromatic N) is 8. The van der Waals surface area contributed by atoms with Crippen LogP contribution in [0.15, 0.2) is 147 Å². The number of hydrogen-bond donors (Lipinski definition) is 3. The summed E-state index contributed by atoms with van der Waals surface area (Å²) >= 11 is 19.8. The van der Waals surface area contributed by atoms with Gasteiger partial charge >= 0.3 is 17.8 Å². The quantitative estimate of drug-likeness (QED) is 0.0581. The molecule has 0 saturated heterocycles. The van der Waals surface area contributed by atoms with E-state index < -0.39 is 71.5 Å². The van der Waals surface area contributed by atoms with Crippen molar-refractivity contribution < 1.29 is 68.2 Å². The Balaban J connectivity index is 0.000000162. The van der Waals surface area contributed by atoms with Crippen molar-refractivity contribution in [1.82, 2.24) is 19.7 Å². The summed E-state index contributed by atoms with van der Waals surface area (Å²) in [6, 6.07) is 29.2. The standard InChI is InChI=1S/C24H23ClN4O6S.C23H23ClN4O4S.C21H18ClN3O4S2/c1-24(2,3)13-6-8-14(9-7-13)36(33,34)27-16-11-10-15(25)19-20(16)22(31)29(21(19)30)18-12-17(23(32)35-5)26-28(18)4;1-13-12-18(25-27(13)5)28-21(29)19-16(24)10-11-17(20(19)22(28)30)26-33(31,32)15-8-6-14(7-9-15)23(2,3)4;1-21(2,3)12-4-6-13(7-5-12)31(28,29)24-15-9-8-14(22)16-17(15)19(27)25(18(16)26)20-23-10-11-30-20/h6-11H,12H2,1-5H3;6-12,26H,1-5H3;4-11,24H,1-3H3/p+1. The molecule has 100 heavy (non-hydrogen) atoms. The third-order valence-electron chi connectivity index (χ3n) is 16.4. The van der Waals surface area contributed by atoms with Gasteiger partial charge in [-0.2, -0.15) is 5.10 Å². The number of hydrogen-bond acceptors (Lipinski definition) is 18. The van der Waals surface area contributed by atoms with Crippen molar-refractivity contribution >= 4 is 157 Å². The fourth-order valence-electron chi connectivity index (χ4n) is 10.8. The van der Waals surface area contributed by atoms with Gasteiger partial charge in [-0.25, -0.2) is 54.4 Å². The molecule has 4 aliphatic heterocycles. The fraction of sp³-hybridized carbons (Fsp3) is 0.250. The fourth-order valence-corrected chi connectivity index (χ4v) is 15.4. The average molecular weight is 1490 g/mol. The molecule has 0 unspecified atom stereocenters. The minimum absolute atomic E-state index is 0.00569. The van der Waals surface area contributed by atoms with Gasteiger partial charge in [0.05, 0.1) is 76.2 Å². The van der Waals surface area contributed by atoms with E-state index in [4.69, 9.17) is 34.8 Å². The highest BCUT2D eigenvalue weighted by atomic mass is 35.5. The topological polar surface area (TPSA) is 323 Å². The molecule has 0 saturated carbocycles. The second kappa shape index (κ2) is 26.9. The molecule has 0 fully saturated rings. The number of methoxy groups -OCH3 is 1. The summed E-state index contributed by atoms with van der Waals surface area (Å²) in [4.78, 5) is 97.5. The normalized spacial score (nSPS) is 14.7. The second-order valence-electron chi connectivity index (χ2n) is 26.2. The Bertz CT molecular complexity index is 5200. The highest BCUT2D eigenvalue weighted by molar-refractivity contribution is 7.93. The van der Waals surface area contributed by atoms with E-state index in [9.17, 15) is 58.8 Å². The first-order valence-electron chi connectivity index (χ1n) is 30.3. The maximum atomic E-state index is 13.4. The Morgan fingerprint density at radius 3 is 1.19 bits per heavy atom. The summed E-state index contributed by atoms with van der Waals surface area (Å²) in [6.07, 6.45) is 1.34. The Morgan fingerprint density at radius 2 is 0.860 bits per heavy atom. The third kappa shape index (κ3) is 14.1. The van der Waals surface area contributed by atoms with Crippen molar-refractivity contribution in [2.24, 2.45) is 12.1 Å². The number of amides is 6. The van der Waals surface area contributed by atoms with Crippen LogP contribution in [0.4, 0.5) is 28.0 Å². The maximum Gasteiger partial charge on any atom is 0.356 e. The van der Waals surface area contributed by atoms with E-state index in [1.54, 1.807) is 61.8 Å². The van der Waals surface area contributed by atoms with Gasteiger partial charge in [0.1, 0.15) is 24.6 Å². The highest BCUT2D eigenvalue weighted by Crippen LogP contribution is 2.42. The van der Waals surface area contributed by atoms with Crippen LogP contribution in [-0.4, -0.2) is 117 Å².